The Morgan fingerprint density at radius 2 is 1.87 bits per heavy atom. The molecule has 3 rings (SSSR count). The molecular formula is C23H25N3O4. The van der Waals surface area contributed by atoms with E-state index in [-0.39, 0.29) is 6.61 Å². The summed E-state index contributed by atoms with van der Waals surface area (Å²) in [4.78, 5) is 25.7. The first-order chi connectivity index (χ1) is 14.5. The standard InChI is InChI=1S/C23H25N3O4/c1-4-26(5-2)18-8-6-17(7-9-18)14-24-25-22(27)15-29-19-10-11-20-16(3)12-23(28)30-21(20)13-19/h6-14H,4-5,15H2,1-3H3,(H,25,27). The van der Waals surface area contributed by atoms with Crippen LogP contribution in [0.5, 0.6) is 5.75 Å². The second kappa shape index (κ2) is 9.73. The molecule has 2 aromatic carbocycles. The molecule has 0 radical (unpaired) electrons. The van der Waals surface area contributed by atoms with Crippen LogP contribution in [0.1, 0.15) is 25.0 Å². The maximum atomic E-state index is 12.0. The van der Waals surface area contributed by atoms with E-state index in [9.17, 15) is 9.59 Å². The van der Waals surface area contributed by atoms with Crippen LogP contribution in [0.3, 0.4) is 0 Å². The van der Waals surface area contributed by atoms with E-state index in [1.807, 2.05) is 31.2 Å². The van der Waals surface area contributed by atoms with E-state index in [4.69, 9.17) is 9.15 Å². The molecular weight excluding hydrogens is 382 g/mol. The maximum Gasteiger partial charge on any atom is 0.336 e. The molecule has 1 aromatic heterocycles. The number of amides is 1. The largest absolute Gasteiger partial charge is 0.484 e. The SMILES string of the molecule is CCN(CC)c1ccc(C=NNC(=O)COc2ccc3c(C)cc(=O)oc3c2)cc1. The van der Waals surface area contributed by atoms with Gasteiger partial charge >= 0.3 is 5.63 Å². The van der Waals surface area contributed by atoms with Gasteiger partial charge in [-0.15, -0.1) is 0 Å². The molecule has 1 amide bonds. The predicted octanol–water partition coefficient (Wildman–Crippen LogP) is 3.48. The minimum Gasteiger partial charge on any atom is -0.484 e. The normalized spacial score (nSPS) is 11.0. The Hall–Kier alpha value is -3.61. The quantitative estimate of drug-likeness (QED) is 0.351. The van der Waals surface area contributed by atoms with Crippen molar-refractivity contribution >= 4 is 28.8 Å². The van der Waals surface area contributed by atoms with Crippen molar-refractivity contribution < 1.29 is 13.9 Å². The average Bonchev–Trinajstić information content (AvgIpc) is 2.74. The lowest BCUT2D eigenvalue weighted by Gasteiger charge is -2.20. The van der Waals surface area contributed by atoms with Crippen molar-refractivity contribution in [2.45, 2.75) is 20.8 Å². The van der Waals surface area contributed by atoms with Gasteiger partial charge in [0.25, 0.3) is 5.91 Å². The lowest BCUT2D eigenvalue weighted by molar-refractivity contribution is -0.123. The van der Waals surface area contributed by atoms with Gasteiger partial charge in [0, 0.05) is 36.3 Å². The maximum absolute atomic E-state index is 12.0. The van der Waals surface area contributed by atoms with Gasteiger partial charge in [-0.25, -0.2) is 10.2 Å². The summed E-state index contributed by atoms with van der Waals surface area (Å²) in [5.74, 6) is 0.0409. The zero-order valence-electron chi connectivity index (χ0n) is 17.3. The van der Waals surface area contributed by atoms with Gasteiger partial charge in [0.2, 0.25) is 0 Å². The van der Waals surface area contributed by atoms with Gasteiger partial charge in [0.05, 0.1) is 6.21 Å². The smallest absolute Gasteiger partial charge is 0.336 e. The third-order valence-electron chi connectivity index (χ3n) is 4.72. The Labute approximate surface area is 175 Å². The van der Waals surface area contributed by atoms with E-state index < -0.39 is 11.5 Å². The van der Waals surface area contributed by atoms with E-state index in [0.717, 1.165) is 35.3 Å². The second-order valence-electron chi connectivity index (χ2n) is 6.75. The van der Waals surface area contributed by atoms with Crippen LogP contribution >= 0.6 is 0 Å². The number of carbonyl (C=O) groups is 1. The minimum atomic E-state index is -0.422. The van der Waals surface area contributed by atoms with Crippen molar-refractivity contribution in [3.8, 4) is 5.75 Å². The van der Waals surface area contributed by atoms with Crippen LogP contribution in [0.2, 0.25) is 0 Å². The van der Waals surface area contributed by atoms with E-state index in [2.05, 4.69) is 29.3 Å². The topological polar surface area (TPSA) is 84.1 Å². The molecule has 7 nitrogen and oxygen atoms in total. The molecule has 30 heavy (non-hydrogen) atoms. The number of hydrogen-bond donors (Lipinski definition) is 1. The number of ether oxygens (including phenoxy) is 1. The zero-order valence-corrected chi connectivity index (χ0v) is 17.3. The Morgan fingerprint density at radius 1 is 1.13 bits per heavy atom. The van der Waals surface area contributed by atoms with Crippen LogP contribution in [0, 0.1) is 6.92 Å². The van der Waals surface area contributed by atoms with Gasteiger partial charge in [-0.2, -0.15) is 5.10 Å². The lowest BCUT2D eigenvalue weighted by atomic mass is 10.1. The summed E-state index contributed by atoms with van der Waals surface area (Å²) in [6.07, 6.45) is 1.58. The summed E-state index contributed by atoms with van der Waals surface area (Å²) >= 11 is 0. The summed E-state index contributed by atoms with van der Waals surface area (Å²) in [6.45, 7) is 7.75. The summed E-state index contributed by atoms with van der Waals surface area (Å²) in [6, 6.07) is 14.5. The minimum absolute atomic E-state index is 0.209. The molecule has 0 unspecified atom stereocenters. The number of hydrogen-bond acceptors (Lipinski definition) is 6. The van der Waals surface area contributed by atoms with Crippen LogP contribution in [0.25, 0.3) is 11.0 Å². The number of hydrazone groups is 1. The molecule has 0 atom stereocenters. The van der Waals surface area contributed by atoms with Crippen molar-refractivity contribution in [1.29, 1.82) is 0 Å². The molecule has 156 valence electrons. The molecule has 0 aliphatic heterocycles. The number of carbonyl (C=O) groups excluding carboxylic acids is 1. The van der Waals surface area contributed by atoms with Gasteiger partial charge in [-0.05, 0) is 56.2 Å². The third-order valence-corrected chi connectivity index (χ3v) is 4.72. The van der Waals surface area contributed by atoms with Crippen LogP contribution in [0.15, 0.2) is 62.8 Å². The monoisotopic (exact) mass is 407 g/mol. The van der Waals surface area contributed by atoms with E-state index >= 15 is 0 Å². The van der Waals surface area contributed by atoms with Gasteiger partial charge in [0.15, 0.2) is 6.61 Å². The summed E-state index contributed by atoms with van der Waals surface area (Å²) in [7, 11) is 0. The van der Waals surface area contributed by atoms with Crippen molar-refractivity contribution in [1.82, 2.24) is 5.43 Å². The molecule has 3 aromatic rings. The number of fused-ring (bicyclic) bond motifs is 1. The molecule has 0 aliphatic rings. The van der Waals surface area contributed by atoms with Crippen LogP contribution in [0.4, 0.5) is 5.69 Å². The summed E-state index contributed by atoms with van der Waals surface area (Å²) in [5.41, 5.74) is 5.29. The number of anilines is 1. The molecule has 1 N–H and O–H groups in total. The first kappa shape index (κ1) is 21.1. The Balaban J connectivity index is 1.53. The van der Waals surface area contributed by atoms with E-state index in [0.29, 0.717) is 11.3 Å². The fraction of sp³-hybridized carbons (Fsp3) is 0.261. The Bertz CT molecular complexity index is 1100. The number of nitrogens with zero attached hydrogens (tertiary/aromatic N) is 2. The van der Waals surface area contributed by atoms with E-state index in [1.165, 1.54) is 6.07 Å². The molecule has 0 aliphatic carbocycles. The fourth-order valence-corrected chi connectivity index (χ4v) is 3.11. The van der Waals surface area contributed by atoms with E-state index in [1.54, 1.807) is 24.4 Å². The molecule has 0 saturated heterocycles. The first-order valence-corrected chi connectivity index (χ1v) is 9.84. The number of nitrogens with one attached hydrogen (secondary N) is 1. The second-order valence-corrected chi connectivity index (χ2v) is 6.75. The van der Waals surface area contributed by atoms with Gasteiger partial charge in [-0.3, -0.25) is 4.79 Å². The molecule has 0 bridgehead atoms. The molecule has 0 saturated carbocycles. The zero-order chi connectivity index (χ0) is 21.5. The number of rotatable bonds is 8. The highest BCUT2D eigenvalue weighted by Crippen LogP contribution is 2.22. The van der Waals surface area contributed by atoms with Crippen molar-refractivity contribution in [3.05, 3.63) is 70.1 Å². The molecule has 0 spiro atoms. The lowest BCUT2D eigenvalue weighted by Crippen LogP contribution is -2.24. The highest BCUT2D eigenvalue weighted by molar-refractivity contribution is 5.84. The number of aryl methyl sites for hydroxylation is 1. The van der Waals surface area contributed by atoms with Crippen LogP contribution in [-0.2, 0) is 4.79 Å². The third kappa shape index (κ3) is 5.26. The highest BCUT2D eigenvalue weighted by Gasteiger charge is 2.06. The van der Waals surface area contributed by atoms with Crippen LogP contribution < -0.4 is 20.7 Å². The molecule has 7 heteroatoms. The first-order valence-electron chi connectivity index (χ1n) is 9.84. The van der Waals surface area contributed by atoms with Gasteiger partial charge in [-0.1, -0.05) is 12.1 Å². The van der Waals surface area contributed by atoms with Crippen molar-refractivity contribution in [3.63, 3.8) is 0 Å². The van der Waals surface area contributed by atoms with Gasteiger partial charge < -0.3 is 14.1 Å². The van der Waals surface area contributed by atoms with Crippen molar-refractivity contribution in [2.24, 2.45) is 5.10 Å². The number of benzene rings is 2. The Kier molecular flexibility index (Phi) is 6.85. The Morgan fingerprint density at radius 3 is 2.57 bits per heavy atom. The fourth-order valence-electron chi connectivity index (χ4n) is 3.11. The summed E-state index contributed by atoms with van der Waals surface area (Å²) in [5, 5.41) is 4.79. The summed E-state index contributed by atoms with van der Waals surface area (Å²) < 4.78 is 10.7. The highest BCUT2D eigenvalue weighted by atomic mass is 16.5. The van der Waals surface area contributed by atoms with Crippen LogP contribution in [-0.4, -0.2) is 31.8 Å². The molecule has 0 fully saturated rings. The molecule has 1 heterocycles. The van der Waals surface area contributed by atoms with Gasteiger partial charge in [0.1, 0.15) is 11.3 Å². The van der Waals surface area contributed by atoms with Crippen molar-refractivity contribution in [2.75, 3.05) is 24.6 Å². The average molecular weight is 407 g/mol. The predicted molar refractivity (Wildman–Crippen MR) is 118 cm³/mol.